The Morgan fingerprint density at radius 2 is 1.27 bits per heavy atom. The van der Waals surface area contributed by atoms with Gasteiger partial charge in [0, 0.05) is 74.8 Å². The number of hydrogen-bond acceptors (Lipinski definition) is 12. The smallest absolute Gasteiger partial charge is 0.243 e. The van der Waals surface area contributed by atoms with Gasteiger partial charge < -0.3 is 74.1 Å². The summed E-state index contributed by atoms with van der Waals surface area (Å²) in [7, 11) is 1.66. The largest absolute Gasteiger partial charge is 0.370 e. The van der Waals surface area contributed by atoms with Crippen molar-refractivity contribution in [1.82, 2.24) is 62.8 Å². The van der Waals surface area contributed by atoms with E-state index in [1.165, 1.54) is 19.4 Å². The first-order valence-corrected chi connectivity index (χ1v) is 24.1. The molecule has 73 heavy (non-hydrogen) atoms. The first kappa shape index (κ1) is 57.4. The topological polar surface area (TPSA) is 371 Å². The molecule has 0 aliphatic heterocycles. The molecular formula is C49H69N15O9. The van der Waals surface area contributed by atoms with Crippen LogP contribution in [0.2, 0.25) is 0 Å². The van der Waals surface area contributed by atoms with Crippen molar-refractivity contribution in [3.63, 3.8) is 0 Å². The van der Waals surface area contributed by atoms with Gasteiger partial charge in [-0.05, 0) is 69.7 Å². The van der Waals surface area contributed by atoms with E-state index in [1.807, 2.05) is 30.5 Å². The predicted octanol–water partition coefficient (Wildman–Crippen LogP) is -1.87. The summed E-state index contributed by atoms with van der Waals surface area (Å²) in [4.78, 5) is 133. The maximum Gasteiger partial charge on any atom is 0.243 e. The van der Waals surface area contributed by atoms with Gasteiger partial charge in [0.05, 0.1) is 18.9 Å². The number of guanidine groups is 1. The first-order chi connectivity index (χ1) is 35.1. The summed E-state index contributed by atoms with van der Waals surface area (Å²) in [5.74, 6) is -5.10. The van der Waals surface area contributed by atoms with Crippen molar-refractivity contribution in [3.05, 3.63) is 90.1 Å². The van der Waals surface area contributed by atoms with Gasteiger partial charge in [-0.15, -0.1) is 0 Å². The van der Waals surface area contributed by atoms with Crippen LogP contribution in [-0.2, 0) is 62.4 Å². The highest BCUT2D eigenvalue weighted by Gasteiger charge is 2.32. The van der Waals surface area contributed by atoms with Crippen LogP contribution in [0.3, 0.4) is 0 Å². The summed E-state index contributed by atoms with van der Waals surface area (Å²) in [6.45, 7) is 3.20. The number of aromatic amines is 2. The summed E-state index contributed by atoms with van der Waals surface area (Å²) in [6, 6.07) is 9.79. The lowest BCUT2D eigenvalue weighted by molar-refractivity contribution is -0.135. The number of fused-ring (bicyclic) bond motifs is 1. The molecule has 0 spiro atoms. The summed E-state index contributed by atoms with van der Waals surface area (Å²) < 4.78 is 0. The number of hydrogen-bond donors (Lipinski definition) is 13. The second-order valence-corrected chi connectivity index (χ2v) is 17.2. The molecule has 6 atom stereocenters. The molecular weight excluding hydrogens is 943 g/mol. The molecule has 0 saturated carbocycles. The number of aliphatic imine (C=N–C) groups is 1. The summed E-state index contributed by atoms with van der Waals surface area (Å²) in [6.07, 6.45) is 5.56. The van der Waals surface area contributed by atoms with Crippen molar-refractivity contribution >= 4 is 70.4 Å². The number of amides is 8. The molecule has 8 amide bonds. The molecule has 4 aromatic rings. The van der Waals surface area contributed by atoms with Crippen LogP contribution in [0.4, 0.5) is 0 Å². The fraction of sp³-hybridized carbons (Fsp3) is 0.449. The van der Waals surface area contributed by atoms with E-state index in [1.54, 1.807) is 44.3 Å². The van der Waals surface area contributed by atoms with Gasteiger partial charge in [-0.1, -0.05) is 48.5 Å². The molecule has 0 aliphatic carbocycles. The number of nitrogens with two attached hydrogens (primary N) is 2. The van der Waals surface area contributed by atoms with Crippen LogP contribution in [0.25, 0.3) is 10.9 Å². The lowest BCUT2D eigenvalue weighted by atomic mass is 10.0. The minimum atomic E-state index is -1.46. The third kappa shape index (κ3) is 19.9. The average molecular weight is 1010 g/mol. The van der Waals surface area contributed by atoms with Crippen LogP contribution in [0, 0.1) is 0 Å². The number of benzene rings is 2. The normalized spacial score (nSPS) is 13.4. The molecule has 15 N–H and O–H groups in total. The van der Waals surface area contributed by atoms with Gasteiger partial charge in [-0.25, -0.2) is 4.98 Å². The zero-order valence-electron chi connectivity index (χ0n) is 41.4. The number of likely N-dealkylation sites (N-methyl/N-ethyl adjacent to an activating group) is 2. The Balaban J connectivity index is 1.48. The van der Waals surface area contributed by atoms with Gasteiger partial charge in [0.1, 0.15) is 36.5 Å². The Labute approximate surface area is 423 Å². The highest BCUT2D eigenvalue weighted by atomic mass is 16.2. The molecule has 4 rings (SSSR count). The van der Waals surface area contributed by atoms with E-state index in [9.17, 15) is 43.2 Å². The average Bonchev–Trinajstić information content (AvgIpc) is 4.05. The molecule has 2 aromatic heterocycles. The Morgan fingerprint density at radius 3 is 1.92 bits per heavy atom. The molecule has 0 radical (unpaired) electrons. The molecule has 2 aromatic carbocycles. The zero-order chi connectivity index (χ0) is 53.1. The predicted molar refractivity (Wildman–Crippen MR) is 272 cm³/mol. The number of H-pyrrole nitrogens is 2. The number of carbonyl (C=O) groups is 9. The Morgan fingerprint density at radius 1 is 0.671 bits per heavy atom. The number of aldehydes is 1. The third-order valence-electron chi connectivity index (χ3n) is 11.6. The minimum absolute atomic E-state index is 0.0358. The van der Waals surface area contributed by atoms with Gasteiger partial charge in [0.2, 0.25) is 47.3 Å². The Bertz CT molecular complexity index is 2480. The molecule has 24 heteroatoms. The highest BCUT2D eigenvalue weighted by Crippen LogP contribution is 2.19. The van der Waals surface area contributed by atoms with Crippen LogP contribution in [0.15, 0.2) is 78.3 Å². The molecule has 2 heterocycles. The van der Waals surface area contributed by atoms with Crippen LogP contribution >= 0.6 is 0 Å². The monoisotopic (exact) mass is 1010 g/mol. The number of nitrogens with one attached hydrogen (secondary N) is 11. The first-order valence-electron chi connectivity index (χ1n) is 24.1. The summed E-state index contributed by atoms with van der Waals surface area (Å²) >= 11 is 0. The highest BCUT2D eigenvalue weighted by molar-refractivity contribution is 5.96. The lowest BCUT2D eigenvalue weighted by Crippen LogP contribution is -2.59. The number of imidazole rings is 1. The maximum atomic E-state index is 14.3. The minimum Gasteiger partial charge on any atom is -0.370 e. The number of para-hydroxylation sites is 1. The van der Waals surface area contributed by atoms with Crippen LogP contribution in [0.5, 0.6) is 0 Å². The van der Waals surface area contributed by atoms with E-state index in [2.05, 4.69) is 67.8 Å². The molecule has 0 bridgehead atoms. The van der Waals surface area contributed by atoms with Crippen molar-refractivity contribution < 1.29 is 43.2 Å². The van der Waals surface area contributed by atoms with Gasteiger partial charge >= 0.3 is 0 Å². The Hall–Kier alpha value is -8.15. The van der Waals surface area contributed by atoms with E-state index in [0.717, 1.165) is 16.5 Å². The number of aromatic nitrogens is 3. The lowest BCUT2D eigenvalue weighted by Gasteiger charge is -2.26. The van der Waals surface area contributed by atoms with Gasteiger partial charge in [0.15, 0.2) is 5.96 Å². The molecule has 0 fully saturated rings. The quantitative estimate of drug-likeness (QED) is 0.0111. The molecule has 0 saturated heterocycles. The van der Waals surface area contributed by atoms with Crippen LogP contribution in [0.1, 0.15) is 69.2 Å². The van der Waals surface area contributed by atoms with E-state index in [-0.39, 0.29) is 82.9 Å². The zero-order valence-corrected chi connectivity index (χ0v) is 41.4. The SMILES string of the molecule is CCNC(=O)C(CCCNC(=O)CCC(NC(=O)[C@H](CCCN=C(N)N)NC(C)=O)C(=O)N[C@@H](Cc1cnc[nH]1)C(=O)NC(Cc1ccccc1)C(=O)NCC=O)NC(=O)[C@H](Cc1c[nH]c2ccccc12)NC. The van der Waals surface area contributed by atoms with E-state index in [4.69, 9.17) is 11.5 Å². The van der Waals surface area contributed by atoms with E-state index in [0.29, 0.717) is 30.5 Å². The van der Waals surface area contributed by atoms with Crippen molar-refractivity contribution in [2.75, 3.05) is 33.2 Å². The van der Waals surface area contributed by atoms with Crippen molar-refractivity contribution in [3.8, 4) is 0 Å². The summed E-state index contributed by atoms with van der Waals surface area (Å²) in [5.41, 5.74) is 13.9. The van der Waals surface area contributed by atoms with E-state index < -0.39 is 77.6 Å². The van der Waals surface area contributed by atoms with Gasteiger partial charge in [-0.3, -0.25) is 43.3 Å². The molecule has 0 aliphatic rings. The van der Waals surface area contributed by atoms with Gasteiger partial charge in [-0.2, -0.15) is 0 Å². The standard InChI is InChI=1S/C49H69N15O9/c1-4-54-43(68)36(61-47(72)39(52-3)25-32-27-58-35-15-9-8-14-34(32)35)16-10-20-55-42(67)19-18-38(62-45(70)37(60-30(2)66)17-11-21-57-49(50)51)46(71)64-41(26-33-28-53-29-59-33)48(73)63-40(44(69)56-22-23-65)24-31-12-6-5-7-13-31/h5-9,12-15,23,27-29,36-41,52,58H,4,10-11,16-22,24-26H2,1-3H3,(H,53,59)(H,54,68)(H,55,67)(H,56,69)(H,60,66)(H,61,72)(H,62,70)(H,63,73)(H,64,71)(H4,50,51,57)/t36?,37-,38?,39-,40?,41-/m0/s1. The second kappa shape index (κ2) is 30.6. The van der Waals surface area contributed by atoms with E-state index >= 15 is 0 Å². The van der Waals surface area contributed by atoms with Crippen LogP contribution in [-0.4, -0.2) is 144 Å². The second-order valence-electron chi connectivity index (χ2n) is 17.2. The number of nitrogens with zero attached hydrogens (tertiary/aromatic N) is 2. The van der Waals surface area contributed by atoms with Crippen molar-refractivity contribution in [2.24, 2.45) is 16.5 Å². The molecule has 394 valence electrons. The number of carbonyl (C=O) groups excluding carboxylic acids is 9. The summed E-state index contributed by atoms with van der Waals surface area (Å²) in [5, 5.41) is 25.4. The van der Waals surface area contributed by atoms with Crippen molar-refractivity contribution in [2.45, 2.75) is 108 Å². The fourth-order valence-electron chi connectivity index (χ4n) is 7.84. The third-order valence-corrected chi connectivity index (χ3v) is 11.6. The van der Waals surface area contributed by atoms with Crippen molar-refractivity contribution in [1.29, 1.82) is 0 Å². The number of rotatable bonds is 32. The van der Waals surface area contributed by atoms with Crippen LogP contribution < -0.4 is 59.3 Å². The molecule has 24 nitrogen and oxygen atoms in total. The maximum absolute atomic E-state index is 14.3. The fourth-order valence-corrected chi connectivity index (χ4v) is 7.84. The Kier molecular flexibility index (Phi) is 24.0. The van der Waals surface area contributed by atoms with Gasteiger partial charge in [0.25, 0.3) is 0 Å². The molecule has 3 unspecified atom stereocenters.